The van der Waals surface area contributed by atoms with Gasteiger partial charge in [0.15, 0.2) is 5.13 Å². The number of piperidine rings is 1. The molecular formula is C13H17N5S. The third kappa shape index (κ3) is 3.01. The lowest BCUT2D eigenvalue weighted by Gasteiger charge is -2.33. The van der Waals surface area contributed by atoms with Crippen LogP contribution in [0.15, 0.2) is 24.8 Å². The maximum Gasteiger partial charge on any atom is 0.185 e. The molecule has 3 rings (SSSR count). The van der Waals surface area contributed by atoms with Gasteiger partial charge in [0, 0.05) is 36.4 Å². The van der Waals surface area contributed by atoms with Gasteiger partial charge < -0.3 is 10.2 Å². The topological polar surface area (TPSA) is 53.9 Å². The standard InChI is InChI=1S/C13H17N5S/c1-10-7-15-13(19-10)18-6-2-3-11(8-18)17-12-4-5-14-9-16-12/h4-5,7,9,11H,2-3,6,8H2,1H3,(H,14,16,17). The fraction of sp³-hybridized carbons (Fsp3) is 0.462. The Morgan fingerprint density at radius 2 is 2.37 bits per heavy atom. The Labute approximate surface area is 116 Å². The van der Waals surface area contributed by atoms with Crippen molar-refractivity contribution >= 4 is 22.3 Å². The number of nitrogens with one attached hydrogen (secondary N) is 1. The van der Waals surface area contributed by atoms with E-state index in [9.17, 15) is 0 Å². The second kappa shape index (κ2) is 5.52. The Bertz CT molecular complexity index is 527. The summed E-state index contributed by atoms with van der Waals surface area (Å²) in [4.78, 5) is 16.3. The number of aromatic nitrogens is 3. The average Bonchev–Trinajstić information content (AvgIpc) is 2.87. The number of nitrogens with zero attached hydrogens (tertiary/aromatic N) is 4. The number of hydrogen-bond donors (Lipinski definition) is 1. The summed E-state index contributed by atoms with van der Waals surface area (Å²) in [7, 11) is 0. The van der Waals surface area contributed by atoms with E-state index in [1.807, 2.05) is 12.3 Å². The van der Waals surface area contributed by atoms with Gasteiger partial charge in [0.1, 0.15) is 12.1 Å². The normalized spacial score (nSPS) is 19.4. The van der Waals surface area contributed by atoms with Crippen LogP contribution in [0, 0.1) is 6.92 Å². The monoisotopic (exact) mass is 275 g/mol. The number of thiazole rings is 1. The summed E-state index contributed by atoms with van der Waals surface area (Å²) in [5.41, 5.74) is 0. The first-order valence-electron chi connectivity index (χ1n) is 6.51. The molecule has 0 aromatic carbocycles. The third-order valence-electron chi connectivity index (χ3n) is 3.23. The summed E-state index contributed by atoms with van der Waals surface area (Å²) >= 11 is 1.76. The Hall–Kier alpha value is -1.69. The lowest BCUT2D eigenvalue weighted by atomic mass is 10.1. The van der Waals surface area contributed by atoms with E-state index in [1.165, 1.54) is 17.7 Å². The molecule has 1 aliphatic heterocycles. The summed E-state index contributed by atoms with van der Waals surface area (Å²) in [6.45, 7) is 4.17. The maximum absolute atomic E-state index is 4.47. The van der Waals surface area contributed by atoms with Crippen LogP contribution in [0.1, 0.15) is 17.7 Å². The Balaban J connectivity index is 1.65. The molecule has 0 aliphatic carbocycles. The molecule has 1 atom stereocenters. The van der Waals surface area contributed by atoms with Gasteiger partial charge in [-0.25, -0.2) is 15.0 Å². The second-order valence-corrected chi connectivity index (χ2v) is 5.99. The summed E-state index contributed by atoms with van der Waals surface area (Å²) in [6, 6.07) is 2.33. The SMILES string of the molecule is Cc1cnc(N2CCCC(Nc3ccncn3)C2)s1. The predicted octanol–water partition coefficient (Wildman–Crippen LogP) is 2.32. The first-order chi connectivity index (χ1) is 9.31. The number of anilines is 2. The molecule has 0 spiro atoms. The summed E-state index contributed by atoms with van der Waals surface area (Å²) in [6.07, 6.45) is 7.64. The highest BCUT2D eigenvalue weighted by Crippen LogP contribution is 2.25. The Morgan fingerprint density at radius 3 is 3.11 bits per heavy atom. The molecule has 0 radical (unpaired) electrons. The zero-order chi connectivity index (χ0) is 13.1. The van der Waals surface area contributed by atoms with Crippen LogP contribution in [-0.4, -0.2) is 34.1 Å². The smallest absolute Gasteiger partial charge is 0.185 e. The van der Waals surface area contributed by atoms with Gasteiger partial charge in [0.05, 0.1) is 0 Å². The van der Waals surface area contributed by atoms with Gasteiger partial charge >= 0.3 is 0 Å². The summed E-state index contributed by atoms with van der Waals surface area (Å²) < 4.78 is 0. The second-order valence-electron chi connectivity index (χ2n) is 4.78. The molecule has 5 nitrogen and oxygen atoms in total. The number of aryl methyl sites for hydroxylation is 1. The molecule has 1 aliphatic rings. The van der Waals surface area contributed by atoms with E-state index in [0.717, 1.165) is 24.0 Å². The first kappa shape index (κ1) is 12.3. The van der Waals surface area contributed by atoms with Crippen LogP contribution in [0.4, 0.5) is 10.9 Å². The van der Waals surface area contributed by atoms with Crippen LogP contribution in [-0.2, 0) is 0 Å². The lowest BCUT2D eigenvalue weighted by Crippen LogP contribution is -2.42. The van der Waals surface area contributed by atoms with Crippen molar-refractivity contribution in [3.8, 4) is 0 Å². The minimum Gasteiger partial charge on any atom is -0.365 e. The molecular weight excluding hydrogens is 258 g/mol. The van der Waals surface area contributed by atoms with E-state index in [0.29, 0.717) is 6.04 Å². The highest BCUT2D eigenvalue weighted by molar-refractivity contribution is 7.15. The predicted molar refractivity (Wildman–Crippen MR) is 77.7 cm³/mol. The molecule has 0 saturated carbocycles. The first-order valence-corrected chi connectivity index (χ1v) is 7.33. The van der Waals surface area contributed by atoms with Crippen LogP contribution in [0.25, 0.3) is 0 Å². The molecule has 2 aromatic heterocycles. The summed E-state index contributed by atoms with van der Waals surface area (Å²) in [5, 5.41) is 4.60. The Morgan fingerprint density at radius 1 is 1.42 bits per heavy atom. The van der Waals surface area contributed by atoms with Crippen molar-refractivity contribution in [3.05, 3.63) is 29.7 Å². The van der Waals surface area contributed by atoms with Crippen LogP contribution in [0.5, 0.6) is 0 Å². The van der Waals surface area contributed by atoms with Crippen molar-refractivity contribution < 1.29 is 0 Å². The van der Waals surface area contributed by atoms with Crippen molar-refractivity contribution in [2.45, 2.75) is 25.8 Å². The van der Waals surface area contributed by atoms with Crippen LogP contribution >= 0.6 is 11.3 Å². The Kier molecular flexibility index (Phi) is 3.59. The zero-order valence-corrected chi connectivity index (χ0v) is 11.7. The van der Waals surface area contributed by atoms with Gasteiger partial charge in [0.25, 0.3) is 0 Å². The van der Waals surface area contributed by atoms with Crippen LogP contribution < -0.4 is 10.2 Å². The molecule has 1 N–H and O–H groups in total. The molecule has 1 unspecified atom stereocenters. The van der Waals surface area contributed by atoms with Crippen LogP contribution in [0.3, 0.4) is 0 Å². The molecule has 1 fully saturated rings. The van der Waals surface area contributed by atoms with Gasteiger partial charge in [0.2, 0.25) is 0 Å². The van der Waals surface area contributed by atoms with Gasteiger partial charge in [-0.2, -0.15) is 0 Å². The third-order valence-corrected chi connectivity index (χ3v) is 4.21. The van der Waals surface area contributed by atoms with Crippen molar-refractivity contribution in [1.29, 1.82) is 0 Å². The number of rotatable bonds is 3. The van der Waals surface area contributed by atoms with E-state index >= 15 is 0 Å². The van der Waals surface area contributed by atoms with E-state index in [2.05, 4.69) is 32.1 Å². The van der Waals surface area contributed by atoms with Crippen molar-refractivity contribution in [2.24, 2.45) is 0 Å². The minimum absolute atomic E-state index is 0.424. The molecule has 0 bridgehead atoms. The molecule has 6 heteroatoms. The van der Waals surface area contributed by atoms with Gasteiger partial charge in [-0.15, -0.1) is 11.3 Å². The highest BCUT2D eigenvalue weighted by Gasteiger charge is 2.21. The molecule has 100 valence electrons. The van der Waals surface area contributed by atoms with Gasteiger partial charge in [-0.1, -0.05) is 0 Å². The molecule has 1 saturated heterocycles. The van der Waals surface area contributed by atoms with Crippen molar-refractivity contribution in [1.82, 2.24) is 15.0 Å². The molecule has 19 heavy (non-hydrogen) atoms. The number of hydrogen-bond acceptors (Lipinski definition) is 6. The van der Waals surface area contributed by atoms with Crippen LogP contribution in [0.2, 0.25) is 0 Å². The van der Waals surface area contributed by atoms with Crippen molar-refractivity contribution in [2.75, 3.05) is 23.3 Å². The van der Waals surface area contributed by atoms with E-state index in [1.54, 1.807) is 23.9 Å². The van der Waals surface area contributed by atoms with Gasteiger partial charge in [-0.3, -0.25) is 0 Å². The lowest BCUT2D eigenvalue weighted by molar-refractivity contribution is 0.528. The summed E-state index contributed by atoms with van der Waals surface area (Å²) in [5.74, 6) is 0.900. The van der Waals surface area contributed by atoms with Gasteiger partial charge in [-0.05, 0) is 25.8 Å². The minimum atomic E-state index is 0.424. The fourth-order valence-corrected chi connectivity index (χ4v) is 3.14. The van der Waals surface area contributed by atoms with E-state index < -0.39 is 0 Å². The average molecular weight is 275 g/mol. The molecule has 0 amide bonds. The van der Waals surface area contributed by atoms with E-state index in [4.69, 9.17) is 0 Å². The highest BCUT2D eigenvalue weighted by atomic mass is 32.1. The maximum atomic E-state index is 4.47. The molecule has 2 aromatic rings. The zero-order valence-electron chi connectivity index (χ0n) is 10.9. The largest absolute Gasteiger partial charge is 0.365 e. The molecule has 3 heterocycles. The fourth-order valence-electron chi connectivity index (χ4n) is 2.34. The van der Waals surface area contributed by atoms with E-state index in [-0.39, 0.29) is 0 Å². The van der Waals surface area contributed by atoms with Crippen molar-refractivity contribution in [3.63, 3.8) is 0 Å². The quantitative estimate of drug-likeness (QED) is 0.931.